The van der Waals surface area contributed by atoms with E-state index in [-0.39, 0.29) is 6.04 Å². The predicted octanol–water partition coefficient (Wildman–Crippen LogP) is 3.75. The van der Waals surface area contributed by atoms with Crippen molar-refractivity contribution in [2.24, 2.45) is 0 Å². The average Bonchev–Trinajstić information content (AvgIpc) is 2.42. The molecule has 0 amide bonds. The Labute approximate surface area is 125 Å². The van der Waals surface area contributed by atoms with Gasteiger partial charge in [0.05, 0.1) is 6.04 Å². The van der Waals surface area contributed by atoms with E-state index in [2.05, 4.69) is 53.7 Å². The Hall–Kier alpha value is -1.94. The van der Waals surface area contributed by atoms with E-state index in [1.165, 1.54) is 11.1 Å². The van der Waals surface area contributed by atoms with Crippen LogP contribution in [0.25, 0.3) is 0 Å². The lowest BCUT2D eigenvalue weighted by atomic mass is 10.1. The summed E-state index contributed by atoms with van der Waals surface area (Å²) in [5.74, 6) is 0.754. The molecule has 1 heterocycles. The number of rotatable bonds is 3. The maximum Gasteiger partial charge on any atom is 0.172 e. The van der Waals surface area contributed by atoms with Gasteiger partial charge in [-0.2, -0.15) is 0 Å². The summed E-state index contributed by atoms with van der Waals surface area (Å²) in [6.07, 6.45) is 1.81. The largest absolute Gasteiger partial charge is 0.356 e. The molecule has 2 rings (SSSR count). The van der Waals surface area contributed by atoms with Gasteiger partial charge in [-0.05, 0) is 50.2 Å². The third-order valence-electron chi connectivity index (χ3n) is 3.08. The Kier molecular flexibility index (Phi) is 4.69. The topological polar surface area (TPSA) is 37.0 Å². The minimum Gasteiger partial charge on any atom is -0.356 e. The molecular weight excluding hydrogens is 266 g/mol. The molecule has 1 atom stereocenters. The number of benzene rings is 1. The second kappa shape index (κ2) is 6.48. The first kappa shape index (κ1) is 14.5. The lowest BCUT2D eigenvalue weighted by Gasteiger charge is -2.17. The summed E-state index contributed by atoms with van der Waals surface area (Å²) < 4.78 is 0. The van der Waals surface area contributed by atoms with Gasteiger partial charge in [-0.15, -0.1) is 0 Å². The second-order valence-corrected chi connectivity index (χ2v) is 5.36. The van der Waals surface area contributed by atoms with E-state index < -0.39 is 0 Å². The van der Waals surface area contributed by atoms with Crippen LogP contribution in [0.2, 0.25) is 0 Å². The Balaban J connectivity index is 1.93. The second-order valence-electron chi connectivity index (χ2n) is 4.95. The Morgan fingerprint density at radius 2 is 1.70 bits per heavy atom. The summed E-state index contributed by atoms with van der Waals surface area (Å²) in [6, 6.07) is 12.5. The molecule has 104 valence electrons. The van der Waals surface area contributed by atoms with Gasteiger partial charge in [0.25, 0.3) is 0 Å². The molecule has 0 saturated heterocycles. The van der Waals surface area contributed by atoms with Crippen LogP contribution in [0.5, 0.6) is 0 Å². The van der Waals surface area contributed by atoms with Gasteiger partial charge >= 0.3 is 0 Å². The van der Waals surface area contributed by atoms with Crippen molar-refractivity contribution in [1.29, 1.82) is 0 Å². The molecule has 20 heavy (non-hydrogen) atoms. The van der Waals surface area contributed by atoms with E-state index >= 15 is 0 Å². The minimum absolute atomic E-state index is 0.154. The molecule has 0 saturated carbocycles. The van der Waals surface area contributed by atoms with Crippen molar-refractivity contribution < 1.29 is 0 Å². The van der Waals surface area contributed by atoms with E-state index in [9.17, 15) is 0 Å². The first-order chi connectivity index (χ1) is 9.54. The minimum atomic E-state index is 0.154. The van der Waals surface area contributed by atoms with Gasteiger partial charge in [-0.3, -0.25) is 0 Å². The van der Waals surface area contributed by atoms with Crippen LogP contribution in [0.15, 0.2) is 42.6 Å². The number of hydrogen-bond acceptors (Lipinski definition) is 2. The van der Waals surface area contributed by atoms with Crippen LogP contribution < -0.4 is 10.6 Å². The molecule has 0 aliphatic heterocycles. The predicted molar refractivity (Wildman–Crippen MR) is 87.9 cm³/mol. The molecule has 3 nitrogen and oxygen atoms in total. The van der Waals surface area contributed by atoms with Gasteiger partial charge in [0.15, 0.2) is 5.11 Å². The number of pyridine rings is 1. The summed E-state index contributed by atoms with van der Waals surface area (Å²) in [4.78, 5) is 4.27. The third kappa shape index (κ3) is 4.03. The van der Waals surface area contributed by atoms with Crippen LogP contribution in [0, 0.1) is 13.8 Å². The van der Waals surface area contributed by atoms with Gasteiger partial charge in [-0.1, -0.05) is 35.9 Å². The number of aromatic nitrogens is 1. The fourth-order valence-corrected chi connectivity index (χ4v) is 2.11. The number of thiocarbonyl (C=S) groups is 1. The highest BCUT2D eigenvalue weighted by Gasteiger charge is 2.07. The third-order valence-corrected chi connectivity index (χ3v) is 3.30. The standard InChI is InChI=1S/C16H19N3S/c1-11-4-7-14(8-5-11)13(3)18-16(20)19-15-9-6-12(2)10-17-15/h4-10,13H,1-3H3,(H2,17,18,19,20)/t13-/m1/s1. The summed E-state index contributed by atoms with van der Waals surface area (Å²) in [6.45, 7) is 6.17. The maximum atomic E-state index is 5.31. The van der Waals surface area contributed by atoms with Gasteiger partial charge in [-0.25, -0.2) is 4.98 Å². The summed E-state index contributed by atoms with van der Waals surface area (Å²) in [7, 11) is 0. The lowest BCUT2D eigenvalue weighted by molar-refractivity contribution is 0.722. The molecule has 2 aromatic rings. The first-order valence-electron chi connectivity index (χ1n) is 6.61. The van der Waals surface area contributed by atoms with Crippen LogP contribution in [-0.4, -0.2) is 10.1 Å². The zero-order chi connectivity index (χ0) is 14.5. The molecule has 0 aliphatic carbocycles. The van der Waals surface area contributed by atoms with Gasteiger partial charge < -0.3 is 10.6 Å². The Morgan fingerprint density at radius 3 is 2.30 bits per heavy atom. The lowest BCUT2D eigenvalue weighted by Crippen LogP contribution is -2.31. The zero-order valence-electron chi connectivity index (χ0n) is 12.0. The van der Waals surface area contributed by atoms with Crippen molar-refractivity contribution in [2.45, 2.75) is 26.8 Å². The molecule has 0 spiro atoms. The molecule has 0 radical (unpaired) electrons. The van der Waals surface area contributed by atoms with Gasteiger partial charge in [0, 0.05) is 6.20 Å². The fourth-order valence-electron chi connectivity index (χ4n) is 1.83. The molecular formula is C16H19N3S. The van der Waals surface area contributed by atoms with Crippen LogP contribution in [0.4, 0.5) is 5.82 Å². The van der Waals surface area contributed by atoms with E-state index in [1.54, 1.807) is 0 Å². The number of nitrogens with zero attached hydrogens (tertiary/aromatic N) is 1. The van der Waals surface area contributed by atoms with Crippen molar-refractivity contribution in [1.82, 2.24) is 10.3 Å². The number of aryl methyl sites for hydroxylation is 2. The van der Waals surface area contributed by atoms with Crippen LogP contribution in [0.1, 0.15) is 29.7 Å². The highest BCUT2D eigenvalue weighted by atomic mass is 32.1. The van der Waals surface area contributed by atoms with E-state index in [0.717, 1.165) is 11.4 Å². The number of nitrogens with one attached hydrogen (secondary N) is 2. The number of hydrogen-bond donors (Lipinski definition) is 2. The first-order valence-corrected chi connectivity index (χ1v) is 7.02. The Bertz CT molecular complexity index is 576. The molecule has 0 fully saturated rings. The highest BCUT2D eigenvalue weighted by Crippen LogP contribution is 2.13. The van der Waals surface area contributed by atoms with Crippen LogP contribution >= 0.6 is 12.2 Å². The Morgan fingerprint density at radius 1 is 1.05 bits per heavy atom. The monoisotopic (exact) mass is 285 g/mol. The van der Waals surface area contributed by atoms with Gasteiger partial charge in [0.1, 0.15) is 5.82 Å². The van der Waals surface area contributed by atoms with Crippen molar-refractivity contribution in [3.8, 4) is 0 Å². The fraction of sp³-hybridized carbons (Fsp3) is 0.250. The normalized spacial score (nSPS) is 11.8. The molecule has 0 aliphatic rings. The van der Waals surface area contributed by atoms with Crippen LogP contribution in [0.3, 0.4) is 0 Å². The van der Waals surface area contributed by atoms with Crippen molar-refractivity contribution in [3.63, 3.8) is 0 Å². The van der Waals surface area contributed by atoms with E-state index in [0.29, 0.717) is 5.11 Å². The molecule has 2 N–H and O–H groups in total. The number of anilines is 1. The smallest absolute Gasteiger partial charge is 0.172 e. The molecule has 4 heteroatoms. The molecule has 1 aromatic carbocycles. The van der Waals surface area contributed by atoms with Crippen LogP contribution in [-0.2, 0) is 0 Å². The van der Waals surface area contributed by atoms with Gasteiger partial charge in [0.2, 0.25) is 0 Å². The average molecular weight is 285 g/mol. The molecule has 0 unspecified atom stereocenters. The molecule has 0 bridgehead atoms. The summed E-state index contributed by atoms with van der Waals surface area (Å²) in [5.41, 5.74) is 3.59. The molecule has 1 aromatic heterocycles. The quantitative estimate of drug-likeness (QED) is 0.842. The van der Waals surface area contributed by atoms with E-state index in [4.69, 9.17) is 12.2 Å². The maximum absolute atomic E-state index is 5.31. The summed E-state index contributed by atoms with van der Waals surface area (Å²) >= 11 is 5.31. The van der Waals surface area contributed by atoms with E-state index in [1.807, 2.05) is 25.3 Å². The SMILES string of the molecule is Cc1ccc([C@@H](C)NC(=S)Nc2ccc(C)cn2)cc1. The highest BCUT2D eigenvalue weighted by molar-refractivity contribution is 7.80. The zero-order valence-corrected chi connectivity index (χ0v) is 12.8. The van der Waals surface area contributed by atoms with Crippen molar-refractivity contribution in [2.75, 3.05) is 5.32 Å². The van der Waals surface area contributed by atoms with Crippen molar-refractivity contribution >= 4 is 23.1 Å². The summed E-state index contributed by atoms with van der Waals surface area (Å²) in [5, 5.41) is 6.93. The van der Waals surface area contributed by atoms with Crippen molar-refractivity contribution in [3.05, 3.63) is 59.3 Å².